The summed E-state index contributed by atoms with van der Waals surface area (Å²) in [5.41, 5.74) is 6.21. The van der Waals surface area contributed by atoms with Crippen molar-refractivity contribution < 1.29 is 14.3 Å². The van der Waals surface area contributed by atoms with Crippen molar-refractivity contribution in [3.63, 3.8) is 0 Å². The van der Waals surface area contributed by atoms with Gasteiger partial charge in [-0.2, -0.15) is 0 Å². The van der Waals surface area contributed by atoms with E-state index in [1.807, 2.05) is 12.1 Å². The number of carbonyl (C=O) groups excluding carboxylic acids is 1. The Morgan fingerprint density at radius 2 is 1.64 bits per heavy atom. The summed E-state index contributed by atoms with van der Waals surface area (Å²) in [7, 11) is 1.56. The third-order valence-corrected chi connectivity index (χ3v) is 5.73. The molecule has 1 aromatic rings. The molecule has 3 rings (SSSR count). The van der Waals surface area contributed by atoms with Gasteiger partial charge < -0.3 is 20.1 Å². The standard InChI is InChI=1S/C20H31ClN4O3/c1-27-18-13-16(12-17(21)20(18)28-15-19(22)26)14-25-10-8-24(9-11-25)7-6-23-4-2-3-5-23/h12-13H,2-11,14-15H2,1H3,(H2,22,26). The minimum atomic E-state index is -0.551. The number of benzene rings is 1. The van der Waals surface area contributed by atoms with Crippen molar-refractivity contribution in [1.82, 2.24) is 14.7 Å². The zero-order chi connectivity index (χ0) is 19.9. The largest absolute Gasteiger partial charge is 0.493 e. The Labute approximate surface area is 172 Å². The molecule has 0 unspecified atom stereocenters. The summed E-state index contributed by atoms with van der Waals surface area (Å²) < 4.78 is 10.8. The highest BCUT2D eigenvalue weighted by Gasteiger charge is 2.20. The van der Waals surface area contributed by atoms with Crippen LogP contribution < -0.4 is 15.2 Å². The Hall–Kier alpha value is -1.54. The summed E-state index contributed by atoms with van der Waals surface area (Å²) in [6.45, 7) is 9.75. The fourth-order valence-corrected chi connectivity index (χ4v) is 4.15. The molecule has 0 radical (unpaired) electrons. The molecule has 8 heteroatoms. The van der Waals surface area contributed by atoms with E-state index >= 15 is 0 Å². The lowest BCUT2D eigenvalue weighted by molar-refractivity contribution is -0.119. The fraction of sp³-hybridized carbons (Fsp3) is 0.650. The van der Waals surface area contributed by atoms with Gasteiger partial charge in [0.15, 0.2) is 18.1 Å². The molecule has 1 amide bonds. The first-order valence-electron chi connectivity index (χ1n) is 9.99. The van der Waals surface area contributed by atoms with Crippen LogP contribution in [0.2, 0.25) is 5.02 Å². The smallest absolute Gasteiger partial charge is 0.255 e. The van der Waals surface area contributed by atoms with Gasteiger partial charge in [0.2, 0.25) is 0 Å². The van der Waals surface area contributed by atoms with E-state index in [0.717, 1.165) is 38.3 Å². The zero-order valence-electron chi connectivity index (χ0n) is 16.7. The molecule has 2 heterocycles. The average Bonchev–Trinajstić information content (AvgIpc) is 3.19. The summed E-state index contributed by atoms with van der Waals surface area (Å²) in [6.07, 6.45) is 2.71. The summed E-state index contributed by atoms with van der Waals surface area (Å²) in [5, 5.41) is 0.430. The van der Waals surface area contributed by atoms with Crippen LogP contribution >= 0.6 is 11.6 Å². The van der Waals surface area contributed by atoms with Crippen LogP contribution in [0, 0.1) is 0 Å². The van der Waals surface area contributed by atoms with Crippen molar-refractivity contribution in [2.45, 2.75) is 19.4 Å². The van der Waals surface area contributed by atoms with Gasteiger partial charge >= 0.3 is 0 Å². The van der Waals surface area contributed by atoms with Gasteiger partial charge in [-0.1, -0.05) is 11.6 Å². The Bertz CT molecular complexity index is 659. The monoisotopic (exact) mass is 410 g/mol. The third kappa shape index (κ3) is 5.98. The number of amides is 1. The molecule has 156 valence electrons. The number of likely N-dealkylation sites (tertiary alicyclic amines) is 1. The molecule has 2 fully saturated rings. The number of ether oxygens (including phenoxy) is 2. The number of nitrogens with zero attached hydrogens (tertiary/aromatic N) is 3. The molecule has 0 atom stereocenters. The van der Waals surface area contributed by atoms with Gasteiger partial charge in [-0.05, 0) is 43.6 Å². The van der Waals surface area contributed by atoms with Gasteiger partial charge in [0.1, 0.15) is 0 Å². The number of carbonyl (C=O) groups is 1. The predicted molar refractivity (Wildman–Crippen MR) is 110 cm³/mol. The molecule has 2 aliphatic rings. The summed E-state index contributed by atoms with van der Waals surface area (Å²) in [5.74, 6) is 0.330. The SMILES string of the molecule is COc1cc(CN2CCN(CCN3CCCC3)CC2)cc(Cl)c1OCC(N)=O. The van der Waals surface area contributed by atoms with E-state index in [1.54, 1.807) is 7.11 Å². The van der Waals surface area contributed by atoms with Gasteiger partial charge in [-0.15, -0.1) is 0 Å². The normalized spacial score (nSPS) is 19.1. The summed E-state index contributed by atoms with van der Waals surface area (Å²) in [4.78, 5) is 18.5. The van der Waals surface area contributed by atoms with Crippen molar-refractivity contribution >= 4 is 17.5 Å². The van der Waals surface area contributed by atoms with E-state index in [4.69, 9.17) is 26.8 Å². The van der Waals surface area contributed by atoms with Gasteiger partial charge in [0.05, 0.1) is 12.1 Å². The van der Waals surface area contributed by atoms with Crippen molar-refractivity contribution in [3.05, 3.63) is 22.7 Å². The van der Waals surface area contributed by atoms with Crippen molar-refractivity contribution in [1.29, 1.82) is 0 Å². The Morgan fingerprint density at radius 1 is 1.04 bits per heavy atom. The van der Waals surface area contributed by atoms with E-state index in [1.165, 1.54) is 39.0 Å². The predicted octanol–water partition coefficient (Wildman–Crippen LogP) is 1.43. The van der Waals surface area contributed by atoms with Crippen LogP contribution in [0.15, 0.2) is 12.1 Å². The van der Waals surface area contributed by atoms with Crippen LogP contribution in [-0.4, -0.2) is 86.7 Å². The summed E-state index contributed by atoms with van der Waals surface area (Å²) in [6, 6.07) is 3.79. The van der Waals surface area contributed by atoms with E-state index < -0.39 is 5.91 Å². The lowest BCUT2D eigenvalue weighted by Gasteiger charge is -2.35. The molecule has 0 aliphatic carbocycles. The number of hydrogen-bond acceptors (Lipinski definition) is 6. The van der Waals surface area contributed by atoms with Crippen molar-refractivity contribution in [2.24, 2.45) is 5.73 Å². The van der Waals surface area contributed by atoms with Crippen molar-refractivity contribution in [2.75, 3.05) is 66.1 Å². The molecule has 0 spiro atoms. The lowest BCUT2D eigenvalue weighted by atomic mass is 10.1. The number of halogens is 1. The van der Waals surface area contributed by atoms with Gasteiger partial charge in [-0.25, -0.2) is 0 Å². The molecule has 28 heavy (non-hydrogen) atoms. The first kappa shape index (κ1) is 21.2. The molecule has 2 saturated heterocycles. The Morgan fingerprint density at radius 3 is 2.25 bits per heavy atom. The minimum Gasteiger partial charge on any atom is -0.493 e. The molecule has 0 saturated carbocycles. The first-order valence-corrected chi connectivity index (χ1v) is 10.4. The molecule has 7 nitrogen and oxygen atoms in total. The molecular weight excluding hydrogens is 380 g/mol. The van der Waals surface area contributed by atoms with E-state index in [9.17, 15) is 4.79 Å². The topological polar surface area (TPSA) is 71.3 Å². The quantitative estimate of drug-likeness (QED) is 0.664. The molecule has 0 bridgehead atoms. The molecule has 2 aliphatic heterocycles. The lowest BCUT2D eigenvalue weighted by Crippen LogP contribution is -2.47. The van der Waals surface area contributed by atoms with Gasteiger partial charge in [-0.3, -0.25) is 14.6 Å². The first-order chi connectivity index (χ1) is 13.5. The number of primary amides is 1. The number of methoxy groups -OCH3 is 1. The van der Waals surface area contributed by atoms with Crippen LogP contribution in [0.25, 0.3) is 0 Å². The van der Waals surface area contributed by atoms with Crippen LogP contribution in [0.3, 0.4) is 0 Å². The maximum absolute atomic E-state index is 11.0. The molecule has 0 aromatic heterocycles. The second-order valence-electron chi connectivity index (χ2n) is 7.53. The average molecular weight is 411 g/mol. The maximum Gasteiger partial charge on any atom is 0.255 e. The van der Waals surface area contributed by atoms with Crippen LogP contribution in [0.4, 0.5) is 0 Å². The van der Waals surface area contributed by atoms with Crippen molar-refractivity contribution in [3.8, 4) is 11.5 Å². The maximum atomic E-state index is 11.0. The Balaban J connectivity index is 1.50. The number of piperazine rings is 1. The van der Waals surface area contributed by atoms with Crippen LogP contribution in [0.5, 0.6) is 11.5 Å². The van der Waals surface area contributed by atoms with Gasteiger partial charge in [0, 0.05) is 45.8 Å². The van der Waals surface area contributed by atoms with Crippen LogP contribution in [-0.2, 0) is 11.3 Å². The second-order valence-corrected chi connectivity index (χ2v) is 7.94. The highest BCUT2D eigenvalue weighted by Crippen LogP contribution is 2.36. The molecule has 1 aromatic carbocycles. The minimum absolute atomic E-state index is 0.227. The fourth-order valence-electron chi connectivity index (χ4n) is 3.87. The number of nitrogens with two attached hydrogens (primary N) is 1. The molecular formula is C20H31ClN4O3. The van der Waals surface area contributed by atoms with Gasteiger partial charge in [0.25, 0.3) is 5.91 Å². The van der Waals surface area contributed by atoms with E-state index in [2.05, 4.69) is 14.7 Å². The van der Waals surface area contributed by atoms with E-state index in [0.29, 0.717) is 16.5 Å². The third-order valence-electron chi connectivity index (χ3n) is 5.45. The Kier molecular flexibility index (Phi) is 7.79. The second kappa shape index (κ2) is 10.3. The highest BCUT2D eigenvalue weighted by molar-refractivity contribution is 6.32. The molecule has 2 N–H and O–H groups in total. The van der Waals surface area contributed by atoms with E-state index in [-0.39, 0.29) is 6.61 Å². The highest BCUT2D eigenvalue weighted by atomic mass is 35.5. The summed E-state index contributed by atoms with van der Waals surface area (Å²) >= 11 is 6.35. The van der Waals surface area contributed by atoms with Crippen LogP contribution in [0.1, 0.15) is 18.4 Å². The number of hydrogen-bond donors (Lipinski definition) is 1. The zero-order valence-corrected chi connectivity index (χ0v) is 17.4. The number of rotatable bonds is 9.